The highest BCUT2D eigenvalue weighted by molar-refractivity contribution is 5.88. The summed E-state index contributed by atoms with van der Waals surface area (Å²) in [5.74, 6) is -0.0426. The van der Waals surface area contributed by atoms with E-state index >= 15 is 0 Å². The van der Waals surface area contributed by atoms with Gasteiger partial charge in [-0.15, -0.1) is 0 Å². The summed E-state index contributed by atoms with van der Waals surface area (Å²) in [4.78, 5) is 27.1. The van der Waals surface area contributed by atoms with Crippen LogP contribution in [-0.4, -0.2) is 54.0 Å². The van der Waals surface area contributed by atoms with Crippen molar-refractivity contribution in [2.45, 2.75) is 18.9 Å². The van der Waals surface area contributed by atoms with Gasteiger partial charge in [-0.2, -0.15) is 5.26 Å². The minimum Gasteiger partial charge on any atom is -0.337 e. The van der Waals surface area contributed by atoms with E-state index in [4.69, 9.17) is 5.26 Å². The van der Waals surface area contributed by atoms with E-state index in [1.807, 2.05) is 0 Å². The Kier molecular flexibility index (Phi) is 2.05. The zero-order valence-electron chi connectivity index (χ0n) is 9.48. The van der Waals surface area contributed by atoms with Crippen molar-refractivity contribution in [2.24, 2.45) is 5.41 Å². The van der Waals surface area contributed by atoms with Crippen LogP contribution in [0.15, 0.2) is 0 Å². The predicted octanol–water partition coefficient (Wildman–Crippen LogP) is -0.474. The highest BCUT2D eigenvalue weighted by Crippen LogP contribution is 2.46. The lowest BCUT2D eigenvalue weighted by Crippen LogP contribution is -2.55. The van der Waals surface area contributed by atoms with Gasteiger partial charge in [0, 0.05) is 26.2 Å². The van der Waals surface area contributed by atoms with Gasteiger partial charge in [0.15, 0.2) is 0 Å². The molecule has 0 radical (unpaired) electrons. The number of nitriles is 1. The van der Waals surface area contributed by atoms with E-state index in [2.05, 4.69) is 11.4 Å². The number of hydrogen-bond donors (Lipinski definition) is 1. The molecule has 0 bridgehead atoms. The fraction of sp³-hybridized carbons (Fsp3) is 0.727. The summed E-state index contributed by atoms with van der Waals surface area (Å²) in [5, 5.41) is 11.8. The molecular formula is C11H14N4O2. The third kappa shape index (κ3) is 1.46. The van der Waals surface area contributed by atoms with E-state index in [9.17, 15) is 9.59 Å². The summed E-state index contributed by atoms with van der Waals surface area (Å²) >= 11 is 0. The average Bonchev–Trinajstić information content (AvgIpc) is 3.08. The topological polar surface area (TPSA) is 76.4 Å². The number of piperazine rings is 1. The maximum absolute atomic E-state index is 12.2. The molecule has 6 nitrogen and oxygen atoms in total. The monoisotopic (exact) mass is 234 g/mol. The van der Waals surface area contributed by atoms with Crippen molar-refractivity contribution < 1.29 is 9.59 Å². The second-order valence-corrected chi connectivity index (χ2v) is 4.98. The van der Waals surface area contributed by atoms with Gasteiger partial charge in [-0.25, -0.2) is 4.79 Å². The minimum absolute atomic E-state index is 0.0384. The first-order chi connectivity index (χ1) is 8.16. The first-order valence-electron chi connectivity index (χ1n) is 5.91. The van der Waals surface area contributed by atoms with Crippen molar-refractivity contribution in [3.05, 3.63) is 0 Å². The number of nitrogens with one attached hydrogen (secondary N) is 1. The van der Waals surface area contributed by atoms with Crippen LogP contribution in [0.1, 0.15) is 12.8 Å². The van der Waals surface area contributed by atoms with Crippen molar-refractivity contribution in [2.75, 3.05) is 26.2 Å². The first-order valence-corrected chi connectivity index (χ1v) is 5.91. The number of fused-ring (bicyclic) bond motifs is 1. The molecule has 90 valence electrons. The smallest absolute Gasteiger partial charge is 0.317 e. The Morgan fingerprint density at radius 3 is 2.88 bits per heavy atom. The number of rotatable bonds is 1. The van der Waals surface area contributed by atoms with Crippen LogP contribution in [0.2, 0.25) is 0 Å². The molecule has 1 aliphatic carbocycles. The van der Waals surface area contributed by atoms with Gasteiger partial charge in [0.05, 0.1) is 12.1 Å². The molecule has 1 atom stereocenters. The Balaban J connectivity index is 1.70. The lowest BCUT2D eigenvalue weighted by molar-refractivity contribution is -0.137. The molecule has 3 rings (SSSR count). The van der Waals surface area contributed by atoms with Crippen LogP contribution in [0.4, 0.5) is 4.79 Å². The van der Waals surface area contributed by atoms with Crippen molar-refractivity contribution in [3.8, 4) is 6.07 Å². The molecule has 1 unspecified atom stereocenters. The Labute approximate surface area is 99.2 Å². The molecule has 3 aliphatic rings. The highest BCUT2D eigenvalue weighted by Gasteiger charge is 2.53. The van der Waals surface area contributed by atoms with Gasteiger partial charge in [0.25, 0.3) is 0 Å². The molecular weight excluding hydrogens is 220 g/mol. The zero-order chi connectivity index (χ0) is 12.0. The van der Waals surface area contributed by atoms with Crippen molar-refractivity contribution in [1.29, 1.82) is 5.26 Å². The molecule has 3 amide bonds. The normalized spacial score (nSPS) is 29.4. The highest BCUT2D eigenvalue weighted by atomic mass is 16.2. The van der Waals surface area contributed by atoms with Gasteiger partial charge in [0.1, 0.15) is 5.41 Å². The van der Waals surface area contributed by atoms with Gasteiger partial charge in [-0.1, -0.05) is 0 Å². The van der Waals surface area contributed by atoms with Crippen LogP contribution in [0.25, 0.3) is 0 Å². The van der Waals surface area contributed by atoms with E-state index < -0.39 is 5.41 Å². The summed E-state index contributed by atoms with van der Waals surface area (Å²) in [5.41, 5.74) is -0.738. The summed E-state index contributed by atoms with van der Waals surface area (Å²) < 4.78 is 0. The van der Waals surface area contributed by atoms with Crippen LogP contribution >= 0.6 is 0 Å². The summed E-state index contributed by atoms with van der Waals surface area (Å²) in [7, 11) is 0. The molecule has 3 fully saturated rings. The third-order valence-electron chi connectivity index (χ3n) is 3.89. The molecule has 2 aliphatic heterocycles. The van der Waals surface area contributed by atoms with E-state index in [0.717, 1.165) is 0 Å². The Bertz CT molecular complexity index is 424. The number of urea groups is 1. The molecule has 1 N–H and O–H groups in total. The van der Waals surface area contributed by atoms with Gasteiger partial charge in [0.2, 0.25) is 5.91 Å². The summed E-state index contributed by atoms with van der Waals surface area (Å²) in [6.45, 7) is 2.28. The predicted molar refractivity (Wildman–Crippen MR) is 57.8 cm³/mol. The van der Waals surface area contributed by atoms with E-state index in [-0.39, 0.29) is 18.0 Å². The number of hydrogen-bond acceptors (Lipinski definition) is 3. The molecule has 6 heteroatoms. The zero-order valence-corrected chi connectivity index (χ0v) is 9.48. The largest absolute Gasteiger partial charge is 0.337 e. The quantitative estimate of drug-likeness (QED) is 0.666. The maximum atomic E-state index is 12.2. The standard InChI is InChI=1S/C11H14N4O2/c12-7-11(1-2-11)9(16)14-3-4-15-8(6-14)5-13-10(15)17/h8H,1-6H2,(H,13,17). The summed E-state index contributed by atoms with van der Waals surface area (Å²) in [6, 6.07) is 2.17. The van der Waals surface area contributed by atoms with E-state index in [1.165, 1.54) is 0 Å². The van der Waals surface area contributed by atoms with Crippen LogP contribution in [-0.2, 0) is 4.79 Å². The van der Waals surface area contributed by atoms with Gasteiger partial charge >= 0.3 is 6.03 Å². The molecule has 0 spiro atoms. The Morgan fingerprint density at radius 2 is 2.24 bits per heavy atom. The van der Waals surface area contributed by atoms with Crippen LogP contribution in [0, 0.1) is 16.7 Å². The average molecular weight is 234 g/mol. The van der Waals surface area contributed by atoms with Crippen molar-refractivity contribution in [3.63, 3.8) is 0 Å². The second-order valence-electron chi connectivity index (χ2n) is 4.98. The van der Waals surface area contributed by atoms with E-state index in [1.54, 1.807) is 9.80 Å². The molecule has 0 aromatic carbocycles. The molecule has 0 aromatic rings. The number of carbonyl (C=O) groups excluding carboxylic acids is 2. The number of nitrogens with zero attached hydrogens (tertiary/aromatic N) is 3. The maximum Gasteiger partial charge on any atom is 0.317 e. The van der Waals surface area contributed by atoms with Gasteiger partial charge < -0.3 is 15.1 Å². The third-order valence-corrected chi connectivity index (χ3v) is 3.89. The minimum atomic E-state index is -0.738. The number of amides is 3. The molecule has 1 saturated carbocycles. The molecule has 2 saturated heterocycles. The fourth-order valence-corrected chi connectivity index (χ4v) is 2.59. The molecule has 2 heterocycles. The van der Waals surface area contributed by atoms with Crippen molar-refractivity contribution >= 4 is 11.9 Å². The SMILES string of the molecule is N#CC1(C(=O)N2CCN3C(=O)NCC3C2)CC1. The van der Waals surface area contributed by atoms with Crippen LogP contribution < -0.4 is 5.32 Å². The van der Waals surface area contributed by atoms with Crippen LogP contribution in [0.3, 0.4) is 0 Å². The Hall–Kier alpha value is -1.77. The molecule has 0 aromatic heterocycles. The molecule has 17 heavy (non-hydrogen) atoms. The van der Waals surface area contributed by atoms with Crippen LogP contribution in [0.5, 0.6) is 0 Å². The fourth-order valence-electron chi connectivity index (χ4n) is 2.59. The van der Waals surface area contributed by atoms with E-state index in [0.29, 0.717) is 39.0 Å². The first kappa shape index (κ1) is 10.4. The second kappa shape index (κ2) is 3.36. The van der Waals surface area contributed by atoms with Crippen molar-refractivity contribution in [1.82, 2.24) is 15.1 Å². The lowest BCUT2D eigenvalue weighted by atomic mass is 10.1. The summed E-state index contributed by atoms with van der Waals surface area (Å²) in [6.07, 6.45) is 1.37. The lowest BCUT2D eigenvalue weighted by Gasteiger charge is -2.37. The number of carbonyl (C=O) groups is 2. The van der Waals surface area contributed by atoms with Gasteiger partial charge in [-0.05, 0) is 12.8 Å². The van der Waals surface area contributed by atoms with Gasteiger partial charge in [-0.3, -0.25) is 4.79 Å². The Morgan fingerprint density at radius 1 is 1.47 bits per heavy atom.